The molecule has 0 fully saturated rings. The van der Waals surface area contributed by atoms with Crippen LogP contribution in [0.4, 0.5) is 5.69 Å². The van der Waals surface area contributed by atoms with Gasteiger partial charge in [0.1, 0.15) is 0 Å². The normalized spacial score (nSPS) is 11.0. The average Bonchev–Trinajstić information content (AvgIpc) is 2.99. The maximum Gasteiger partial charge on any atom is 0.221 e. The standard InChI is InChI=1S/C17H13N5O/c1-11(23)21-14-6-7-15(13-5-3-8-18-16(13)14)22-17-12(10-20-22)4-2-9-19-17/h2-10H,1H3,(H,21,23). The first-order chi connectivity index (χ1) is 11.2. The van der Waals surface area contributed by atoms with Crippen molar-refractivity contribution < 1.29 is 4.79 Å². The van der Waals surface area contributed by atoms with E-state index in [9.17, 15) is 4.79 Å². The van der Waals surface area contributed by atoms with Crippen LogP contribution in [0.1, 0.15) is 6.92 Å². The number of rotatable bonds is 2. The number of hydrogen-bond donors (Lipinski definition) is 1. The first kappa shape index (κ1) is 13.4. The molecular formula is C17H13N5O. The Hall–Kier alpha value is -3.28. The lowest BCUT2D eigenvalue weighted by atomic mass is 10.1. The van der Waals surface area contributed by atoms with Gasteiger partial charge in [0.25, 0.3) is 0 Å². The molecule has 3 heterocycles. The number of nitrogens with zero attached hydrogens (tertiary/aromatic N) is 4. The van der Waals surface area contributed by atoms with E-state index >= 15 is 0 Å². The molecule has 4 rings (SSSR count). The highest BCUT2D eigenvalue weighted by atomic mass is 16.1. The summed E-state index contributed by atoms with van der Waals surface area (Å²) in [5, 5.41) is 9.12. The summed E-state index contributed by atoms with van der Waals surface area (Å²) < 4.78 is 1.79. The molecule has 0 aliphatic rings. The van der Waals surface area contributed by atoms with E-state index in [0.717, 1.165) is 27.6 Å². The molecule has 0 aliphatic carbocycles. The first-order valence-electron chi connectivity index (χ1n) is 7.18. The van der Waals surface area contributed by atoms with Gasteiger partial charge in [0.05, 0.1) is 23.1 Å². The van der Waals surface area contributed by atoms with Gasteiger partial charge in [-0.05, 0) is 36.4 Å². The SMILES string of the molecule is CC(=O)Nc1ccc(-n2ncc3cccnc32)c2cccnc12. The van der Waals surface area contributed by atoms with Crippen molar-refractivity contribution >= 4 is 33.5 Å². The maximum atomic E-state index is 11.4. The number of pyridine rings is 2. The Morgan fingerprint density at radius 3 is 2.78 bits per heavy atom. The van der Waals surface area contributed by atoms with E-state index in [1.165, 1.54) is 6.92 Å². The van der Waals surface area contributed by atoms with E-state index in [1.807, 2.05) is 36.4 Å². The Bertz CT molecular complexity index is 1040. The number of carbonyl (C=O) groups is 1. The molecule has 0 atom stereocenters. The third kappa shape index (κ3) is 2.20. The monoisotopic (exact) mass is 303 g/mol. The Kier molecular flexibility index (Phi) is 3.01. The highest BCUT2D eigenvalue weighted by Crippen LogP contribution is 2.28. The number of benzene rings is 1. The van der Waals surface area contributed by atoms with Crippen LogP contribution < -0.4 is 5.32 Å². The van der Waals surface area contributed by atoms with Crippen molar-refractivity contribution in [2.24, 2.45) is 0 Å². The summed E-state index contributed by atoms with van der Waals surface area (Å²) in [4.78, 5) is 20.2. The van der Waals surface area contributed by atoms with Gasteiger partial charge in [-0.2, -0.15) is 5.10 Å². The van der Waals surface area contributed by atoms with Crippen LogP contribution in [0.15, 0.2) is 55.0 Å². The summed E-state index contributed by atoms with van der Waals surface area (Å²) in [6, 6.07) is 11.4. The third-order valence-corrected chi connectivity index (χ3v) is 3.62. The molecule has 0 unspecified atom stereocenters. The maximum absolute atomic E-state index is 11.4. The Morgan fingerprint density at radius 2 is 1.91 bits per heavy atom. The number of anilines is 1. The predicted octanol–water partition coefficient (Wildman–Crippen LogP) is 2.93. The van der Waals surface area contributed by atoms with Crippen LogP contribution in [-0.2, 0) is 4.79 Å². The minimum Gasteiger partial charge on any atom is -0.324 e. The zero-order valence-corrected chi connectivity index (χ0v) is 12.4. The minimum atomic E-state index is -0.129. The van der Waals surface area contributed by atoms with Crippen molar-refractivity contribution in [1.82, 2.24) is 19.7 Å². The number of hydrogen-bond acceptors (Lipinski definition) is 4. The third-order valence-electron chi connectivity index (χ3n) is 3.62. The zero-order valence-electron chi connectivity index (χ0n) is 12.4. The summed E-state index contributed by atoms with van der Waals surface area (Å²) in [6.45, 7) is 1.48. The van der Waals surface area contributed by atoms with Crippen molar-refractivity contribution in [3.8, 4) is 5.69 Å². The lowest BCUT2D eigenvalue weighted by Gasteiger charge is -2.11. The number of fused-ring (bicyclic) bond motifs is 2. The van der Waals surface area contributed by atoms with Crippen molar-refractivity contribution in [3.05, 3.63) is 55.0 Å². The fourth-order valence-corrected chi connectivity index (χ4v) is 2.67. The van der Waals surface area contributed by atoms with Crippen LogP contribution >= 0.6 is 0 Å². The van der Waals surface area contributed by atoms with Gasteiger partial charge in [0, 0.05) is 30.1 Å². The van der Waals surface area contributed by atoms with Gasteiger partial charge >= 0.3 is 0 Å². The Labute approximate surface area is 131 Å². The molecule has 0 saturated heterocycles. The van der Waals surface area contributed by atoms with Crippen LogP contribution in [0.25, 0.3) is 27.6 Å². The highest BCUT2D eigenvalue weighted by molar-refractivity contribution is 6.02. The number of aromatic nitrogens is 4. The molecular weight excluding hydrogens is 290 g/mol. The topological polar surface area (TPSA) is 72.7 Å². The fourth-order valence-electron chi connectivity index (χ4n) is 2.67. The lowest BCUT2D eigenvalue weighted by molar-refractivity contribution is -0.114. The molecule has 6 nitrogen and oxygen atoms in total. The summed E-state index contributed by atoms with van der Waals surface area (Å²) >= 11 is 0. The second-order valence-electron chi connectivity index (χ2n) is 5.19. The molecule has 1 amide bonds. The molecule has 0 saturated carbocycles. The molecule has 1 N–H and O–H groups in total. The van der Waals surface area contributed by atoms with E-state index in [4.69, 9.17) is 0 Å². The summed E-state index contributed by atoms with van der Waals surface area (Å²) in [7, 11) is 0. The van der Waals surface area contributed by atoms with Crippen LogP contribution in [-0.4, -0.2) is 25.7 Å². The first-order valence-corrected chi connectivity index (χ1v) is 7.18. The second-order valence-corrected chi connectivity index (χ2v) is 5.19. The molecule has 112 valence electrons. The molecule has 0 aliphatic heterocycles. The number of nitrogens with one attached hydrogen (secondary N) is 1. The summed E-state index contributed by atoms with van der Waals surface area (Å²) in [5.41, 5.74) is 3.06. The summed E-state index contributed by atoms with van der Waals surface area (Å²) in [6.07, 6.45) is 5.23. The van der Waals surface area contributed by atoms with Crippen LogP contribution in [0.3, 0.4) is 0 Å². The largest absolute Gasteiger partial charge is 0.324 e. The van der Waals surface area contributed by atoms with E-state index in [0.29, 0.717) is 5.69 Å². The van der Waals surface area contributed by atoms with Crippen LogP contribution in [0.2, 0.25) is 0 Å². The fraction of sp³-hybridized carbons (Fsp3) is 0.0588. The van der Waals surface area contributed by atoms with Crippen molar-refractivity contribution in [2.45, 2.75) is 6.92 Å². The van der Waals surface area contributed by atoms with Gasteiger partial charge in [0.2, 0.25) is 5.91 Å². The molecule has 4 aromatic rings. The lowest BCUT2D eigenvalue weighted by Crippen LogP contribution is -2.07. The molecule has 6 heteroatoms. The van der Waals surface area contributed by atoms with Gasteiger partial charge in [0.15, 0.2) is 5.65 Å². The second kappa shape index (κ2) is 5.17. The predicted molar refractivity (Wildman–Crippen MR) is 88.5 cm³/mol. The summed E-state index contributed by atoms with van der Waals surface area (Å²) in [5.74, 6) is -0.129. The Morgan fingerprint density at radius 1 is 1.09 bits per heavy atom. The molecule has 23 heavy (non-hydrogen) atoms. The smallest absolute Gasteiger partial charge is 0.221 e. The van der Waals surface area contributed by atoms with E-state index < -0.39 is 0 Å². The van der Waals surface area contributed by atoms with Gasteiger partial charge in [-0.1, -0.05) is 0 Å². The zero-order chi connectivity index (χ0) is 15.8. The van der Waals surface area contributed by atoms with E-state index in [-0.39, 0.29) is 5.91 Å². The van der Waals surface area contributed by atoms with Crippen LogP contribution in [0.5, 0.6) is 0 Å². The molecule has 3 aromatic heterocycles. The van der Waals surface area contributed by atoms with Crippen molar-refractivity contribution in [1.29, 1.82) is 0 Å². The average molecular weight is 303 g/mol. The van der Waals surface area contributed by atoms with Crippen LogP contribution in [0, 0.1) is 0 Å². The van der Waals surface area contributed by atoms with E-state index in [1.54, 1.807) is 23.3 Å². The van der Waals surface area contributed by atoms with E-state index in [2.05, 4.69) is 20.4 Å². The number of amides is 1. The quantitative estimate of drug-likeness (QED) is 0.618. The van der Waals surface area contributed by atoms with Crippen molar-refractivity contribution in [3.63, 3.8) is 0 Å². The molecule has 0 spiro atoms. The van der Waals surface area contributed by atoms with Gasteiger partial charge in [-0.15, -0.1) is 0 Å². The van der Waals surface area contributed by atoms with Crippen molar-refractivity contribution in [2.75, 3.05) is 5.32 Å². The number of carbonyl (C=O) groups excluding carboxylic acids is 1. The Balaban J connectivity index is 2.00. The van der Waals surface area contributed by atoms with Gasteiger partial charge < -0.3 is 5.32 Å². The van der Waals surface area contributed by atoms with Gasteiger partial charge in [-0.3, -0.25) is 9.78 Å². The molecule has 0 radical (unpaired) electrons. The van der Waals surface area contributed by atoms with Gasteiger partial charge in [-0.25, -0.2) is 9.67 Å². The molecule has 1 aromatic carbocycles. The molecule has 0 bridgehead atoms. The highest BCUT2D eigenvalue weighted by Gasteiger charge is 2.12. The minimum absolute atomic E-state index is 0.129.